The summed E-state index contributed by atoms with van der Waals surface area (Å²) in [6.45, 7) is 7.14. The van der Waals surface area contributed by atoms with Crippen LogP contribution in [0.5, 0.6) is 0 Å². The molecule has 3 rings (SSSR count). The fourth-order valence-electron chi connectivity index (χ4n) is 4.55. The average Bonchev–Trinajstić information content (AvgIpc) is 2.60. The van der Waals surface area contributed by atoms with Crippen molar-refractivity contribution in [1.29, 1.82) is 0 Å². The van der Waals surface area contributed by atoms with Gasteiger partial charge in [0.25, 0.3) is 0 Å². The largest absolute Gasteiger partial charge is 0.390 e. The van der Waals surface area contributed by atoms with Crippen LogP contribution in [0.3, 0.4) is 0 Å². The van der Waals surface area contributed by atoms with Crippen molar-refractivity contribution in [3.05, 3.63) is 0 Å². The molecule has 0 amide bonds. The predicted molar refractivity (Wildman–Crippen MR) is 101 cm³/mol. The zero-order chi connectivity index (χ0) is 19.8. The van der Waals surface area contributed by atoms with Gasteiger partial charge in [-0.3, -0.25) is 0 Å². The Morgan fingerprint density at radius 3 is 2.52 bits per heavy atom. The summed E-state index contributed by atoms with van der Waals surface area (Å²) in [6.07, 6.45) is -0.00123. The molecule has 0 bridgehead atoms. The Morgan fingerprint density at radius 2 is 1.89 bits per heavy atom. The Morgan fingerprint density at radius 1 is 1.15 bits per heavy atom. The van der Waals surface area contributed by atoms with Gasteiger partial charge in [-0.1, -0.05) is 13.8 Å². The lowest BCUT2D eigenvalue weighted by molar-refractivity contribution is -0.442. The van der Waals surface area contributed by atoms with Gasteiger partial charge in [0.15, 0.2) is 0 Å². The van der Waals surface area contributed by atoms with E-state index in [0.29, 0.717) is 18.8 Å². The van der Waals surface area contributed by atoms with Crippen LogP contribution in [0.2, 0.25) is 0 Å². The molecule has 3 aliphatic rings. The van der Waals surface area contributed by atoms with E-state index in [1.165, 1.54) is 0 Å². The number of hydrogen-bond donors (Lipinski definition) is 5. The molecule has 0 radical (unpaired) electrons. The van der Waals surface area contributed by atoms with Gasteiger partial charge in [-0.2, -0.15) is 0 Å². The number of rotatable bonds is 6. The maximum atomic E-state index is 11.4. The van der Waals surface area contributed by atoms with Gasteiger partial charge in [-0.25, -0.2) is 0 Å². The molecule has 8 nitrogen and oxygen atoms in total. The van der Waals surface area contributed by atoms with Crippen LogP contribution in [-0.4, -0.2) is 85.5 Å². The maximum absolute atomic E-state index is 11.4. The van der Waals surface area contributed by atoms with E-state index in [-0.39, 0.29) is 30.3 Å². The van der Waals surface area contributed by atoms with Crippen molar-refractivity contribution in [1.82, 2.24) is 16.0 Å². The van der Waals surface area contributed by atoms with Gasteiger partial charge in [-0.05, 0) is 52.7 Å². The summed E-state index contributed by atoms with van der Waals surface area (Å²) in [7, 11) is 3.62. The van der Waals surface area contributed by atoms with Crippen LogP contribution in [0.25, 0.3) is 0 Å². The van der Waals surface area contributed by atoms with Gasteiger partial charge in [0.1, 0.15) is 6.10 Å². The third-order valence-corrected chi connectivity index (χ3v) is 6.19. The number of aliphatic hydroxyl groups excluding tert-OH is 1. The van der Waals surface area contributed by atoms with Gasteiger partial charge in [0, 0.05) is 6.04 Å². The summed E-state index contributed by atoms with van der Waals surface area (Å²) >= 11 is 0. The van der Waals surface area contributed by atoms with Gasteiger partial charge < -0.3 is 40.4 Å². The summed E-state index contributed by atoms with van der Waals surface area (Å²) in [6, 6.07) is -0.746. The lowest BCUT2D eigenvalue weighted by atomic mass is 9.81. The Balaban J connectivity index is 1.78. The van der Waals surface area contributed by atoms with Crippen molar-refractivity contribution < 1.29 is 24.4 Å². The highest BCUT2D eigenvalue weighted by Crippen LogP contribution is 2.41. The molecule has 2 heterocycles. The Bertz CT molecular complexity index is 496. The molecule has 9 atom stereocenters. The zero-order valence-corrected chi connectivity index (χ0v) is 17.1. The van der Waals surface area contributed by atoms with E-state index < -0.39 is 24.3 Å². The molecule has 1 aliphatic carbocycles. The minimum Gasteiger partial charge on any atom is -0.390 e. The van der Waals surface area contributed by atoms with E-state index in [9.17, 15) is 10.2 Å². The Hall–Kier alpha value is -0.320. The highest BCUT2D eigenvalue weighted by atomic mass is 16.8. The van der Waals surface area contributed by atoms with Crippen molar-refractivity contribution in [2.45, 2.75) is 94.7 Å². The third-order valence-electron chi connectivity index (χ3n) is 6.19. The standard InChI is InChI=1S/C19H37N3O5/c1-10(2)6-7-22-14-8-11(3)25-18-19(14,24)27-17-13(26-18)9-12(20-4)16(23)15(17)21-5/h10-18,20-24H,6-9H2,1-5H3/t11-,12+,13?,14-,15?,16+,17?,18?,19+/m1/s1. The van der Waals surface area contributed by atoms with E-state index in [0.717, 1.165) is 13.0 Å². The van der Waals surface area contributed by atoms with E-state index in [1.54, 1.807) is 7.05 Å². The second kappa shape index (κ2) is 8.59. The summed E-state index contributed by atoms with van der Waals surface area (Å²) in [4.78, 5) is 0. The fraction of sp³-hybridized carbons (Fsp3) is 1.00. The van der Waals surface area contributed by atoms with Gasteiger partial charge in [0.2, 0.25) is 12.1 Å². The number of fused-ring (bicyclic) bond motifs is 2. The van der Waals surface area contributed by atoms with Crippen LogP contribution >= 0.6 is 0 Å². The van der Waals surface area contributed by atoms with Crippen molar-refractivity contribution in [2.24, 2.45) is 5.92 Å². The van der Waals surface area contributed by atoms with Crippen LogP contribution in [0, 0.1) is 5.92 Å². The lowest BCUT2D eigenvalue weighted by Gasteiger charge is -2.57. The third kappa shape index (κ3) is 4.18. The van der Waals surface area contributed by atoms with Crippen LogP contribution < -0.4 is 16.0 Å². The number of likely N-dealkylation sites (N-methyl/N-ethyl adjacent to an activating group) is 2. The first-order chi connectivity index (χ1) is 12.8. The highest BCUT2D eigenvalue weighted by molar-refractivity contribution is 5.06. The molecule has 5 N–H and O–H groups in total. The molecule has 0 aromatic carbocycles. The van der Waals surface area contributed by atoms with Gasteiger partial charge in [-0.15, -0.1) is 0 Å². The Labute approximate surface area is 162 Å². The van der Waals surface area contributed by atoms with Crippen LogP contribution in [0.1, 0.15) is 40.0 Å². The van der Waals surface area contributed by atoms with Crippen molar-refractivity contribution in [3.63, 3.8) is 0 Å². The molecule has 2 saturated heterocycles. The molecular formula is C19H37N3O5. The maximum Gasteiger partial charge on any atom is 0.234 e. The molecule has 27 heavy (non-hydrogen) atoms. The molecule has 3 fully saturated rings. The quantitative estimate of drug-likeness (QED) is 0.417. The average molecular weight is 388 g/mol. The topological polar surface area (TPSA) is 104 Å². The molecule has 1 saturated carbocycles. The highest BCUT2D eigenvalue weighted by Gasteiger charge is 2.61. The normalized spacial score (nSPS) is 47.6. The number of nitrogens with one attached hydrogen (secondary N) is 3. The smallest absolute Gasteiger partial charge is 0.234 e. The van der Waals surface area contributed by atoms with Crippen LogP contribution in [0.15, 0.2) is 0 Å². The van der Waals surface area contributed by atoms with Gasteiger partial charge >= 0.3 is 0 Å². The molecule has 0 spiro atoms. The van der Waals surface area contributed by atoms with E-state index >= 15 is 0 Å². The second-order valence-corrected chi connectivity index (χ2v) is 8.65. The lowest BCUT2D eigenvalue weighted by Crippen LogP contribution is -2.76. The SMILES string of the molecule is CNC1C2O[C@]3(O)C(OC2C[C@H](NC)[C@@H]1O)O[C@H](C)C[C@H]3NCCC(C)C. The minimum atomic E-state index is -1.58. The van der Waals surface area contributed by atoms with Gasteiger partial charge in [0.05, 0.1) is 30.4 Å². The molecule has 4 unspecified atom stereocenters. The first-order valence-electron chi connectivity index (χ1n) is 10.3. The monoisotopic (exact) mass is 387 g/mol. The number of ether oxygens (including phenoxy) is 3. The zero-order valence-electron chi connectivity index (χ0n) is 17.1. The molecular weight excluding hydrogens is 350 g/mol. The van der Waals surface area contributed by atoms with Crippen molar-refractivity contribution >= 4 is 0 Å². The van der Waals surface area contributed by atoms with E-state index in [1.807, 2.05) is 14.0 Å². The number of aliphatic hydroxyl groups is 2. The van der Waals surface area contributed by atoms with Crippen LogP contribution in [0.4, 0.5) is 0 Å². The predicted octanol–water partition coefficient (Wildman–Crippen LogP) is -0.461. The van der Waals surface area contributed by atoms with Crippen molar-refractivity contribution in [3.8, 4) is 0 Å². The van der Waals surface area contributed by atoms with Crippen LogP contribution in [-0.2, 0) is 14.2 Å². The molecule has 0 aromatic rings. The van der Waals surface area contributed by atoms with E-state index in [4.69, 9.17) is 14.2 Å². The fourth-order valence-corrected chi connectivity index (χ4v) is 4.55. The summed E-state index contributed by atoms with van der Waals surface area (Å²) in [5, 5.41) is 31.8. The first kappa shape index (κ1) is 21.4. The minimum absolute atomic E-state index is 0.0404. The number of hydrogen-bond acceptors (Lipinski definition) is 8. The molecule has 158 valence electrons. The van der Waals surface area contributed by atoms with E-state index in [2.05, 4.69) is 29.8 Å². The summed E-state index contributed by atoms with van der Waals surface area (Å²) in [5.74, 6) is -1.000. The summed E-state index contributed by atoms with van der Waals surface area (Å²) in [5.41, 5.74) is 0. The Kier molecular flexibility index (Phi) is 6.80. The van der Waals surface area contributed by atoms with Crippen molar-refractivity contribution in [2.75, 3.05) is 20.6 Å². The molecule has 0 aromatic heterocycles. The summed E-state index contributed by atoms with van der Waals surface area (Å²) < 4.78 is 18.4. The molecule has 8 heteroatoms. The first-order valence-corrected chi connectivity index (χ1v) is 10.3. The molecule has 2 aliphatic heterocycles. The second-order valence-electron chi connectivity index (χ2n) is 8.65.